The maximum Gasteiger partial charge on any atom is 0.182 e. The largest absolute Gasteiger partial charge is 0.405 e. The molecule has 104 valence electrons. The maximum absolute atomic E-state index is 13.0. The summed E-state index contributed by atoms with van der Waals surface area (Å²) < 4.78 is 17.8. The van der Waals surface area contributed by atoms with Gasteiger partial charge in [0.25, 0.3) is 0 Å². The number of nitrogen functional groups attached to an aromatic ring is 1. The molecule has 5 nitrogen and oxygen atoms in total. The van der Waals surface area contributed by atoms with E-state index in [0.717, 1.165) is 19.3 Å². The quantitative estimate of drug-likeness (QED) is 0.320. The highest BCUT2D eigenvalue weighted by atomic mass is 31.1. The van der Waals surface area contributed by atoms with Crippen molar-refractivity contribution in [1.29, 1.82) is 0 Å². The Bertz CT molecular complexity index is 327. The third-order valence-corrected chi connectivity index (χ3v) is 2.00. The number of halogens is 1. The van der Waals surface area contributed by atoms with Crippen LogP contribution in [0.5, 0.6) is 5.75 Å². The molecule has 0 aromatic heterocycles. The molecule has 0 heterocycles. The first kappa shape index (κ1) is 17.1. The number of nitrogens with two attached hydrogens (primary N) is 1. The van der Waals surface area contributed by atoms with Crippen molar-refractivity contribution >= 4 is 14.5 Å². The first-order valence-electron chi connectivity index (χ1n) is 5.55. The molecule has 4 N–H and O–H groups in total. The number of hydrogen-bond acceptors (Lipinski definition) is 5. The van der Waals surface area contributed by atoms with Crippen LogP contribution < -0.4 is 16.1 Å². The molecule has 1 rings (SSSR count). The van der Waals surface area contributed by atoms with Gasteiger partial charge in [0.15, 0.2) is 11.6 Å². The predicted octanol–water partition coefficient (Wildman–Crippen LogP) is 1.88. The number of hydroxylamine groups is 1. The molecular formula is C11H20FN2O3P. The van der Waals surface area contributed by atoms with E-state index in [1.807, 2.05) is 13.8 Å². The second-order valence-electron chi connectivity index (χ2n) is 3.05. The van der Waals surface area contributed by atoms with Crippen molar-refractivity contribution in [3.63, 3.8) is 0 Å². The molecule has 0 aliphatic rings. The van der Waals surface area contributed by atoms with Gasteiger partial charge in [0.2, 0.25) is 0 Å². The van der Waals surface area contributed by atoms with E-state index >= 15 is 0 Å². The molecule has 0 fully saturated rings. The van der Waals surface area contributed by atoms with E-state index in [9.17, 15) is 4.39 Å². The smallest absolute Gasteiger partial charge is 0.182 e. The number of rotatable bonds is 6. The van der Waals surface area contributed by atoms with E-state index in [1.165, 1.54) is 12.1 Å². The van der Waals surface area contributed by atoms with Crippen molar-refractivity contribution in [2.45, 2.75) is 13.8 Å². The van der Waals surface area contributed by atoms with Gasteiger partial charge in [-0.3, -0.25) is 0 Å². The summed E-state index contributed by atoms with van der Waals surface area (Å²) in [5.74, 6) is -0.471. The fourth-order valence-electron chi connectivity index (χ4n) is 0.950. The first-order chi connectivity index (χ1) is 8.65. The van der Waals surface area contributed by atoms with E-state index in [2.05, 4.69) is 5.48 Å². The van der Waals surface area contributed by atoms with Crippen LogP contribution in [0.2, 0.25) is 0 Å². The SMILES string of the molecule is CCOCC.Nc1ccc(ONCPO)c(F)c1. The standard InChI is InChI=1S/C7H10FN2O2P.C4H10O/c8-6-3-5(9)1-2-7(6)12-10-4-13-11;1-3-5-4-2/h1-3,10-11,13H,4,9H2;3-4H2,1-2H3. The Morgan fingerprint density at radius 3 is 2.50 bits per heavy atom. The summed E-state index contributed by atoms with van der Waals surface area (Å²) in [4.78, 5) is 13.2. The minimum atomic E-state index is -0.534. The minimum Gasteiger partial charge on any atom is -0.405 e. The second-order valence-corrected chi connectivity index (χ2v) is 3.72. The zero-order valence-corrected chi connectivity index (χ0v) is 11.6. The summed E-state index contributed by atoms with van der Waals surface area (Å²) in [7, 11) is -0.279. The molecule has 0 radical (unpaired) electrons. The van der Waals surface area contributed by atoms with Gasteiger partial charge in [-0.05, 0) is 26.0 Å². The molecule has 0 saturated heterocycles. The molecule has 7 heteroatoms. The zero-order chi connectivity index (χ0) is 13.8. The normalized spacial score (nSPS) is 10.2. The van der Waals surface area contributed by atoms with Crippen LogP contribution in [0.1, 0.15) is 13.8 Å². The fraction of sp³-hybridized carbons (Fsp3) is 0.455. The number of anilines is 1. The molecule has 0 bridgehead atoms. The summed E-state index contributed by atoms with van der Waals surface area (Å²) in [6.45, 7) is 5.67. The Morgan fingerprint density at radius 1 is 1.39 bits per heavy atom. The van der Waals surface area contributed by atoms with Crippen LogP contribution in [0.3, 0.4) is 0 Å². The Kier molecular flexibility index (Phi) is 10.6. The van der Waals surface area contributed by atoms with E-state index in [1.54, 1.807) is 0 Å². The van der Waals surface area contributed by atoms with E-state index in [4.69, 9.17) is 20.2 Å². The van der Waals surface area contributed by atoms with E-state index in [0.29, 0.717) is 5.69 Å². The molecule has 18 heavy (non-hydrogen) atoms. The topological polar surface area (TPSA) is 76.7 Å². The zero-order valence-electron chi connectivity index (χ0n) is 10.6. The Balaban J connectivity index is 0.000000494. The van der Waals surface area contributed by atoms with Gasteiger partial charge in [-0.25, -0.2) is 4.39 Å². The lowest BCUT2D eigenvalue weighted by Crippen LogP contribution is -2.17. The predicted molar refractivity (Wildman–Crippen MR) is 72.1 cm³/mol. The fourth-order valence-corrected chi connectivity index (χ4v) is 1.09. The minimum absolute atomic E-state index is 0.0625. The summed E-state index contributed by atoms with van der Waals surface area (Å²) in [5.41, 5.74) is 8.06. The van der Waals surface area contributed by atoms with Crippen LogP contribution in [-0.2, 0) is 4.74 Å². The molecule has 0 saturated carbocycles. The van der Waals surface area contributed by atoms with Crippen LogP contribution in [0.4, 0.5) is 10.1 Å². The van der Waals surface area contributed by atoms with Crippen molar-refractivity contribution in [3.8, 4) is 5.75 Å². The van der Waals surface area contributed by atoms with Crippen molar-refractivity contribution in [2.75, 3.05) is 25.2 Å². The summed E-state index contributed by atoms with van der Waals surface area (Å²) >= 11 is 0. The van der Waals surface area contributed by atoms with Gasteiger partial charge in [-0.15, -0.1) is 0 Å². The van der Waals surface area contributed by atoms with Crippen molar-refractivity contribution in [3.05, 3.63) is 24.0 Å². The van der Waals surface area contributed by atoms with Crippen LogP contribution in [0.15, 0.2) is 18.2 Å². The third kappa shape index (κ3) is 8.20. The summed E-state index contributed by atoms with van der Waals surface area (Å²) in [5, 5.41) is 0. The molecule has 0 aliphatic carbocycles. The van der Waals surface area contributed by atoms with Crippen LogP contribution >= 0.6 is 8.81 Å². The van der Waals surface area contributed by atoms with Crippen LogP contribution in [0, 0.1) is 5.82 Å². The van der Waals surface area contributed by atoms with Crippen molar-refractivity contribution in [2.24, 2.45) is 0 Å². The molecule has 1 unspecified atom stereocenters. The van der Waals surface area contributed by atoms with Gasteiger partial charge >= 0.3 is 0 Å². The van der Waals surface area contributed by atoms with Crippen LogP contribution in [-0.4, -0.2) is 24.4 Å². The van der Waals surface area contributed by atoms with Gasteiger partial charge < -0.3 is 20.2 Å². The molecule has 1 atom stereocenters. The van der Waals surface area contributed by atoms with Gasteiger partial charge in [-0.1, -0.05) is 0 Å². The summed E-state index contributed by atoms with van der Waals surface area (Å²) in [6, 6.07) is 4.11. The lowest BCUT2D eigenvalue weighted by Gasteiger charge is -2.06. The van der Waals surface area contributed by atoms with Gasteiger partial charge in [0.1, 0.15) is 0 Å². The Labute approximate surface area is 108 Å². The Hall–Kier alpha value is -0.940. The molecular weight excluding hydrogens is 258 g/mol. The first-order valence-corrected chi connectivity index (χ1v) is 6.70. The summed E-state index contributed by atoms with van der Waals surface area (Å²) in [6.07, 6.45) is 0.268. The lowest BCUT2D eigenvalue weighted by molar-refractivity contribution is 0.162. The van der Waals surface area contributed by atoms with E-state index < -0.39 is 5.82 Å². The molecule has 0 aliphatic heterocycles. The number of hydrogen-bond donors (Lipinski definition) is 3. The molecule has 0 amide bonds. The van der Waals surface area contributed by atoms with Gasteiger partial charge in [-0.2, -0.15) is 5.48 Å². The van der Waals surface area contributed by atoms with Crippen LogP contribution in [0.25, 0.3) is 0 Å². The number of ether oxygens (including phenoxy) is 1. The Morgan fingerprint density at radius 2 is 2.06 bits per heavy atom. The number of nitrogens with one attached hydrogen (secondary N) is 1. The average molecular weight is 278 g/mol. The number of benzene rings is 1. The van der Waals surface area contributed by atoms with E-state index in [-0.39, 0.29) is 20.8 Å². The molecule has 0 spiro atoms. The molecule has 1 aromatic carbocycles. The van der Waals surface area contributed by atoms with Gasteiger partial charge in [0.05, 0.1) is 6.29 Å². The van der Waals surface area contributed by atoms with Gasteiger partial charge in [0, 0.05) is 33.8 Å². The monoisotopic (exact) mass is 278 g/mol. The maximum atomic E-state index is 13.0. The average Bonchev–Trinajstić information content (AvgIpc) is 2.34. The molecule has 1 aromatic rings. The van der Waals surface area contributed by atoms with Crippen molar-refractivity contribution in [1.82, 2.24) is 5.48 Å². The lowest BCUT2D eigenvalue weighted by atomic mass is 10.3. The highest BCUT2D eigenvalue weighted by molar-refractivity contribution is 7.30. The second kappa shape index (κ2) is 11.2. The van der Waals surface area contributed by atoms with Crippen molar-refractivity contribution < 1.29 is 18.9 Å². The highest BCUT2D eigenvalue weighted by Gasteiger charge is 2.02. The third-order valence-electron chi connectivity index (χ3n) is 1.70. The highest BCUT2D eigenvalue weighted by Crippen LogP contribution is 2.18.